The maximum atomic E-state index is 10.5. The standard InChI is InChI=1S/C11H15N3O2.ClH/c12-9-5-7-13(8-6-9)10-1-3-11(4-2-10)14(15)16;/h1-4,9H,5-8,12H2;1H. The lowest BCUT2D eigenvalue weighted by atomic mass is 10.1. The fourth-order valence-corrected chi connectivity index (χ4v) is 1.94. The van der Waals surface area contributed by atoms with Gasteiger partial charge in [-0.25, -0.2) is 0 Å². The van der Waals surface area contributed by atoms with Crippen LogP contribution in [0.4, 0.5) is 11.4 Å². The maximum Gasteiger partial charge on any atom is 0.269 e. The third kappa shape index (κ3) is 3.31. The van der Waals surface area contributed by atoms with Crippen molar-refractivity contribution in [2.45, 2.75) is 18.9 Å². The number of anilines is 1. The van der Waals surface area contributed by atoms with Crippen molar-refractivity contribution in [3.8, 4) is 0 Å². The summed E-state index contributed by atoms with van der Waals surface area (Å²) < 4.78 is 0. The van der Waals surface area contributed by atoms with Crippen molar-refractivity contribution in [2.24, 2.45) is 5.73 Å². The molecule has 5 nitrogen and oxygen atoms in total. The first kappa shape index (κ1) is 13.7. The molecule has 1 aliphatic heterocycles. The smallest absolute Gasteiger partial charge is 0.269 e. The average Bonchev–Trinajstić information content (AvgIpc) is 2.30. The molecule has 2 N–H and O–H groups in total. The number of hydrogen-bond donors (Lipinski definition) is 1. The van der Waals surface area contributed by atoms with Gasteiger partial charge in [0.2, 0.25) is 0 Å². The van der Waals surface area contributed by atoms with Crippen LogP contribution in [0.3, 0.4) is 0 Å². The molecule has 1 aliphatic rings. The largest absolute Gasteiger partial charge is 0.371 e. The maximum absolute atomic E-state index is 10.5. The number of non-ortho nitro benzene ring substituents is 1. The van der Waals surface area contributed by atoms with Crippen molar-refractivity contribution in [2.75, 3.05) is 18.0 Å². The minimum absolute atomic E-state index is 0. The molecule has 0 unspecified atom stereocenters. The molecule has 0 saturated carbocycles. The lowest BCUT2D eigenvalue weighted by Crippen LogP contribution is -2.39. The molecule has 6 heteroatoms. The highest BCUT2D eigenvalue weighted by molar-refractivity contribution is 5.85. The summed E-state index contributed by atoms with van der Waals surface area (Å²) in [4.78, 5) is 12.3. The SMILES string of the molecule is Cl.NC1CCN(c2ccc([N+](=O)[O-])cc2)CC1. The Hall–Kier alpha value is -1.33. The van der Waals surface area contributed by atoms with Crippen LogP contribution in [0.25, 0.3) is 0 Å². The monoisotopic (exact) mass is 257 g/mol. The average molecular weight is 258 g/mol. The summed E-state index contributed by atoms with van der Waals surface area (Å²) in [5.74, 6) is 0. The number of nitrogens with zero attached hydrogens (tertiary/aromatic N) is 2. The number of benzene rings is 1. The summed E-state index contributed by atoms with van der Waals surface area (Å²) in [7, 11) is 0. The van der Waals surface area contributed by atoms with Crippen molar-refractivity contribution >= 4 is 23.8 Å². The van der Waals surface area contributed by atoms with Crippen LogP contribution in [0.1, 0.15) is 12.8 Å². The van der Waals surface area contributed by atoms with E-state index in [1.807, 2.05) is 0 Å². The molecule has 0 amide bonds. The van der Waals surface area contributed by atoms with Gasteiger partial charge in [-0.3, -0.25) is 10.1 Å². The molecule has 1 aromatic carbocycles. The Bertz CT molecular complexity index is 375. The molecule has 1 aromatic rings. The van der Waals surface area contributed by atoms with Crippen LogP contribution in [0.5, 0.6) is 0 Å². The van der Waals surface area contributed by atoms with E-state index in [1.165, 1.54) is 0 Å². The van der Waals surface area contributed by atoms with Crippen molar-refractivity contribution in [3.63, 3.8) is 0 Å². The number of hydrogen-bond acceptors (Lipinski definition) is 4. The molecule has 0 aromatic heterocycles. The molecule has 0 aliphatic carbocycles. The molecule has 94 valence electrons. The summed E-state index contributed by atoms with van der Waals surface area (Å²) in [6, 6.07) is 6.99. The van der Waals surface area contributed by atoms with Gasteiger partial charge in [0.05, 0.1) is 4.92 Å². The minimum atomic E-state index is -0.379. The molecule has 0 bridgehead atoms. The zero-order chi connectivity index (χ0) is 11.5. The van der Waals surface area contributed by atoms with Crippen LogP contribution in [0, 0.1) is 10.1 Å². The molecule has 1 heterocycles. The Balaban J connectivity index is 0.00000144. The van der Waals surface area contributed by atoms with E-state index in [-0.39, 0.29) is 23.0 Å². The molecule has 0 radical (unpaired) electrons. The zero-order valence-corrected chi connectivity index (χ0v) is 10.2. The Morgan fingerprint density at radius 1 is 1.24 bits per heavy atom. The number of nitrogens with two attached hydrogens (primary N) is 1. The predicted octanol–water partition coefficient (Wildman–Crippen LogP) is 1.94. The number of piperidine rings is 1. The molecule has 2 rings (SSSR count). The second-order valence-electron chi connectivity index (χ2n) is 4.10. The number of nitro groups is 1. The van der Waals surface area contributed by atoms with Gasteiger partial charge in [-0.05, 0) is 25.0 Å². The normalized spacial score (nSPS) is 16.4. The topological polar surface area (TPSA) is 72.4 Å². The van der Waals surface area contributed by atoms with Crippen molar-refractivity contribution in [3.05, 3.63) is 34.4 Å². The molecule has 0 spiro atoms. The fraction of sp³-hybridized carbons (Fsp3) is 0.455. The Labute approximate surface area is 106 Å². The van der Waals surface area contributed by atoms with E-state index in [9.17, 15) is 10.1 Å². The molecule has 1 saturated heterocycles. The highest BCUT2D eigenvalue weighted by Gasteiger charge is 2.16. The van der Waals surface area contributed by atoms with Crippen LogP contribution in [0.2, 0.25) is 0 Å². The minimum Gasteiger partial charge on any atom is -0.371 e. The fourth-order valence-electron chi connectivity index (χ4n) is 1.94. The number of halogens is 1. The molecular formula is C11H16ClN3O2. The second-order valence-corrected chi connectivity index (χ2v) is 4.10. The summed E-state index contributed by atoms with van der Waals surface area (Å²) in [5.41, 5.74) is 7.00. The van der Waals surface area contributed by atoms with Crippen LogP contribution >= 0.6 is 12.4 Å². The van der Waals surface area contributed by atoms with E-state index in [4.69, 9.17) is 5.73 Å². The van der Waals surface area contributed by atoms with Gasteiger partial charge in [-0.15, -0.1) is 12.4 Å². The van der Waals surface area contributed by atoms with Crippen LogP contribution in [0.15, 0.2) is 24.3 Å². The summed E-state index contributed by atoms with van der Waals surface area (Å²) in [6.07, 6.45) is 1.97. The van der Waals surface area contributed by atoms with E-state index in [2.05, 4.69) is 4.90 Å². The first-order valence-corrected chi connectivity index (χ1v) is 5.42. The first-order valence-electron chi connectivity index (χ1n) is 5.42. The van der Waals surface area contributed by atoms with Crippen molar-refractivity contribution < 1.29 is 4.92 Å². The van der Waals surface area contributed by atoms with Gasteiger partial charge in [-0.1, -0.05) is 0 Å². The predicted molar refractivity (Wildman–Crippen MR) is 69.8 cm³/mol. The van der Waals surface area contributed by atoms with Gasteiger partial charge in [0.15, 0.2) is 0 Å². The summed E-state index contributed by atoms with van der Waals surface area (Å²) in [5, 5.41) is 10.5. The Kier molecular flexibility index (Phi) is 4.72. The van der Waals surface area contributed by atoms with Gasteiger partial charge in [0, 0.05) is 37.0 Å². The van der Waals surface area contributed by atoms with E-state index in [1.54, 1.807) is 24.3 Å². The Morgan fingerprint density at radius 2 is 1.76 bits per heavy atom. The molecule has 1 fully saturated rings. The Morgan fingerprint density at radius 3 is 2.24 bits per heavy atom. The van der Waals surface area contributed by atoms with Gasteiger partial charge in [0.25, 0.3) is 5.69 Å². The van der Waals surface area contributed by atoms with Crippen LogP contribution in [-0.2, 0) is 0 Å². The number of rotatable bonds is 2. The van der Waals surface area contributed by atoms with E-state index in [0.717, 1.165) is 31.6 Å². The molecule has 17 heavy (non-hydrogen) atoms. The first-order chi connectivity index (χ1) is 7.66. The van der Waals surface area contributed by atoms with Gasteiger partial charge < -0.3 is 10.6 Å². The van der Waals surface area contributed by atoms with Crippen molar-refractivity contribution in [1.82, 2.24) is 0 Å². The van der Waals surface area contributed by atoms with E-state index >= 15 is 0 Å². The van der Waals surface area contributed by atoms with Gasteiger partial charge in [0.1, 0.15) is 0 Å². The highest BCUT2D eigenvalue weighted by Crippen LogP contribution is 2.22. The lowest BCUT2D eigenvalue weighted by molar-refractivity contribution is -0.384. The highest BCUT2D eigenvalue weighted by atomic mass is 35.5. The third-order valence-electron chi connectivity index (χ3n) is 2.97. The zero-order valence-electron chi connectivity index (χ0n) is 9.41. The van der Waals surface area contributed by atoms with E-state index < -0.39 is 0 Å². The van der Waals surface area contributed by atoms with Crippen molar-refractivity contribution in [1.29, 1.82) is 0 Å². The molecule has 0 atom stereocenters. The van der Waals surface area contributed by atoms with E-state index in [0.29, 0.717) is 6.04 Å². The lowest BCUT2D eigenvalue weighted by Gasteiger charge is -2.31. The van der Waals surface area contributed by atoms with Gasteiger partial charge in [-0.2, -0.15) is 0 Å². The summed E-state index contributed by atoms with van der Waals surface area (Å²) >= 11 is 0. The van der Waals surface area contributed by atoms with Gasteiger partial charge >= 0.3 is 0 Å². The van der Waals surface area contributed by atoms with Crippen LogP contribution < -0.4 is 10.6 Å². The quantitative estimate of drug-likeness (QED) is 0.649. The molecular weight excluding hydrogens is 242 g/mol. The number of nitro benzene ring substituents is 1. The summed E-state index contributed by atoms with van der Waals surface area (Å²) in [6.45, 7) is 1.86. The second kappa shape index (κ2) is 5.84. The van der Waals surface area contributed by atoms with Crippen LogP contribution in [-0.4, -0.2) is 24.1 Å². The third-order valence-corrected chi connectivity index (χ3v) is 2.97.